The van der Waals surface area contributed by atoms with Crippen LogP contribution in [0.5, 0.6) is 0 Å². The number of rotatable bonds is 2. The normalized spacial score (nSPS) is 21.1. The van der Waals surface area contributed by atoms with Crippen LogP contribution in [0.1, 0.15) is 36.3 Å². The number of morpholine rings is 1. The zero-order valence-corrected chi connectivity index (χ0v) is 15.9. The molecule has 1 unspecified atom stereocenters. The van der Waals surface area contributed by atoms with Crippen LogP contribution in [0.25, 0.3) is 16.7 Å². The van der Waals surface area contributed by atoms with E-state index in [1.54, 1.807) is 6.08 Å². The number of nitrogens with zero attached hydrogens (tertiary/aromatic N) is 5. The lowest BCUT2D eigenvalue weighted by molar-refractivity contribution is -0.175. The Morgan fingerprint density at radius 3 is 2.39 bits per heavy atom. The standard InChI is InChI=1S/C19H22F3N5O/c1-11-12(2)24-17-16(23-11)15(13-3-5-14(6-4-13)19(20,21)22)25-18(26-17)27-7-9-28-10-8-27/h3,14H,4-10H2,1-2H3. The van der Waals surface area contributed by atoms with E-state index in [0.29, 0.717) is 55.5 Å². The Hall–Kier alpha value is -2.29. The van der Waals surface area contributed by atoms with Crippen molar-refractivity contribution in [2.75, 3.05) is 31.2 Å². The number of hydrogen-bond acceptors (Lipinski definition) is 6. The Morgan fingerprint density at radius 1 is 1.04 bits per heavy atom. The number of aryl methyl sites for hydroxylation is 2. The number of anilines is 1. The van der Waals surface area contributed by atoms with E-state index >= 15 is 0 Å². The third-order valence-electron chi connectivity index (χ3n) is 5.40. The van der Waals surface area contributed by atoms with Gasteiger partial charge in [0.2, 0.25) is 5.95 Å². The van der Waals surface area contributed by atoms with Gasteiger partial charge in [-0.2, -0.15) is 18.2 Å². The zero-order chi connectivity index (χ0) is 19.9. The maximum atomic E-state index is 13.0. The van der Waals surface area contributed by atoms with E-state index in [1.807, 2.05) is 18.7 Å². The van der Waals surface area contributed by atoms with E-state index in [0.717, 1.165) is 17.0 Å². The molecule has 0 bridgehead atoms. The van der Waals surface area contributed by atoms with Gasteiger partial charge in [-0.1, -0.05) is 6.08 Å². The third-order valence-corrected chi connectivity index (χ3v) is 5.40. The fourth-order valence-corrected chi connectivity index (χ4v) is 3.58. The van der Waals surface area contributed by atoms with Crippen molar-refractivity contribution in [2.45, 2.75) is 39.3 Å². The van der Waals surface area contributed by atoms with Crippen molar-refractivity contribution in [1.82, 2.24) is 19.9 Å². The van der Waals surface area contributed by atoms with Gasteiger partial charge in [-0.25, -0.2) is 15.0 Å². The summed E-state index contributed by atoms with van der Waals surface area (Å²) >= 11 is 0. The maximum absolute atomic E-state index is 13.0. The lowest BCUT2D eigenvalue weighted by Crippen LogP contribution is -2.37. The van der Waals surface area contributed by atoms with E-state index in [-0.39, 0.29) is 12.8 Å². The number of halogens is 3. The van der Waals surface area contributed by atoms with Gasteiger partial charge in [0.1, 0.15) is 5.52 Å². The summed E-state index contributed by atoms with van der Waals surface area (Å²) in [5, 5.41) is 0. The lowest BCUT2D eigenvalue weighted by Gasteiger charge is -2.28. The van der Waals surface area contributed by atoms with E-state index in [2.05, 4.69) is 15.0 Å². The molecule has 0 aromatic carbocycles. The second-order valence-corrected chi connectivity index (χ2v) is 7.28. The second-order valence-electron chi connectivity index (χ2n) is 7.28. The first-order valence-corrected chi connectivity index (χ1v) is 9.44. The van der Waals surface area contributed by atoms with Gasteiger partial charge in [0.05, 0.1) is 36.2 Å². The van der Waals surface area contributed by atoms with Crippen molar-refractivity contribution in [3.63, 3.8) is 0 Å². The second kappa shape index (κ2) is 7.27. The summed E-state index contributed by atoms with van der Waals surface area (Å²) in [5.41, 5.74) is 3.97. The number of aromatic nitrogens is 4. The first-order chi connectivity index (χ1) is 13.3. The van der Waals surface area contributed by atoms with Crippen molar-refractivity contribution in [3.8, 4) is 0 Å². The SMILES string of the molecule is Cc1nc2nc(N3CCOCC3)nc(C3=CCC(C(F)(F)F)CC3)c2nc1C. The zero-order valence-electron chi connectivity index (χ0n) is 15.9. The minimum absolute atomic E-state index is 0.0323. The van der Waals surface area contributed by atoms with E-state index in [9.17, 15) is 13.2 Å². The molecule has 1 fully saturated rings. The van der Waals surface area contributed by atoms with Gasteiger partial charge in [0, 0.05) is 13.1 Å². The summed E-state index contributed by atoms with van der Waals surface area (Å²) in [4.78, 5) is 20.5. The molecule has 4 rings (SSSR count). The molecule has 0 N–H and O–H groups in total. The van der Waals surface area contributed by atoms with E-state index in [1.165, 1.54) is 0 Å². The molecule has 150 valence electrons. The molecule has 0 saturated carbocycles. The van der Waals surface area contributed by atoms with E-state index in [4.69, 9.17) is 9.72 Å². The molecule has 28 heavy (non-hydrogen) atoms. The molecule has 1 atom stereocenters. The van der Waals surface area contributed by atoms with Crippen molar-refractivity contribution < 1.29 is 17.9 Å². The molecule has 1 aliphatic heterocycles. The summed E-state index contributed by atoms with van der Waals surface area (Å²) in [6, 6.07) is 0. The Kier molecular flexibility index (Phi) is 4.95. The van der Waals surface area contributed by atoms with Crippen LogP contribution in [-0.2, 0) is 4.74 Å². The Labute approximate surface area is 160 Å². The summed E-state index contributed by atoms with van der Waals surface area (Å²) < 4.78 is 44.5. The summed E-state index contributed by atoms with van der Waals surface area (Å²) in [6.07, 6.45) is -2.17. The number of allylic oxidation sites excluding steroid dienone is 2. The predicted octanol–water partition coefficient (Wildman–Crippen LogP) is 3.62. The molecular formula is C19H22F3N5O. The minimum atomic E-state index is -4.16. The molecule has 1 aliphatic carbocycles. The van der Waals surface area contributed by atoms with Gasteiger partial charge in [0.15, 0.2) is 5.65 Å². The van der Waals surface area contributed by atoms with Crippen molar-refractivity contribution >= 4 is 22.7 Å². The van der Waals surface area contributed by atoms with Crippen molar-refractivity contribution in [3.05, 3.63) is 23.2 Å². The monoisotopic (exact) mass is 393 g/mol. The molecule has 0 spiro atoms. The molecule has 2 aromatic heterocycles. The highest BCUT2D eigenvalue weighted by Crippen LogP contribution is 2.40. The van der Waals surface area contributed by atoms with Crippen LogP contribution in [-0.4, -0.2) is 52.4 Å². The molecule has 3 heterocycles. The molecule has 0 radical (unpaired) electrons. The van der Waals surface area contributed by atoms with Gasteiger partial charge >= 0.3 is 6.18 Å². The highest BCUT2D eigenvalue weighted by atomic mass is 19.4. The van der Waals surface area contributed by atoms with Gasteiger partial charge in [0.25, 0.3) is 0 Å². The summed E-state index contributed by atoms with van der Waals surface area (Å²) in [5.74, 6) is -0.764. The number of fused-ring (bicyclic) bond motifs is 1. The Bertz CT molecular complexity index is 922. The van der Waals surface area contributed by atoms with E-state index < -0.39 is 12.1 Å². The smallest absolute Gasteiger partial charge is 0.378 e. The van der Waals surface area contributed by atoms with Crippen LogP contribution in [0.4, 0.5) is 19.1 Å². The highest BCUT2D eigenvalue weighted by molar-refractivity contribution is 5.86. The topological polar surface area (TPSA) is 64.0 Å². The number of alkyl halides is 3. The van der Waals surface area contributed by atoms with Crippen LogP contribution in [0, 0.1) is 19.8 Å². The number of hydrogen-bond donors (Lipinski definition) is 0. The van der Waals surface area contributed by atoms with Gasteiger partial charge in [-0.15, -0.1) is 0 Å². The highest BCUT2D eigenvalue weighted by Gasteiger charge is 2.40. The third kappa shape index (κ3) is 3.67. The number of ether oxygens (including phenoxy) is 1. The van der Waals surface area contributed by atoms with Gasteiger partial charge in [-0.05, 0) is 38.7 Å². The molecule has 0 amide bonds. The summed E-state index contributed by atoms with van der Waals surface area (Å²) in [7, 11) is 0. The predicted molar refractivity (Wildman–Crippen MR) is 99.0 cm³/mol. The molecule has 1 saturated heterocycles. The van der Waals surface area contributed by atoms with Crippen LogP contribution in [0.2, 0.25) is 0 Å². The quantitative estimate of drug-likeness (QED) is 0.777. The minimum Gasteiger partial charge on any atom is -0.378 e. The van der Waals surface area contributed by atoms with Crippen LogP contribution in [0.15, 0.2) is 6.08 Å². The fourth-order valence-electron chi connectivity index (χ4n) is 3.58. The molecule has 2 aliphatic rings. The molecule has 6 nitrogen and oxygen atoms in total. The molecule has 9 heteroatoms. The van der Waals surface area contributed by atoms with Crippen LogP contribution < -0.4 is 4.90 Å². The largest absolute Gasteiger partial charge is 0.392 e. The summed E-state index contributed by atoms with van der Waals surface area (Å²) in [6.45, 7) is 6.23. The fraction of sp³-hybridized carbons (Fsp3) is 0.579. The first-order valence-electron chi connectivity index (χ1n) is 9.44. The Balaban J connectivity index is 1.79. The van der Waals surface area contributed by atoms with Crippen LogP contribution >= 0.6 is 0 Å². The van der Waals surface area contributed by atoms with Gasteiger partial charge in [-0.3, -0.25) is 0 Å². The average molecular weight is 393 g/mol. The molecule has 2 aromatic rings. The lowest BCUT2D eigenvalue weighted by atomic mass is 9.87. The van der Waals surface area contributed by atoms with Gasteiger partial charge < -0.3 is 9.64 Å². The Morgan fingerprint density at radius 2 is 1.75 bits per heavy atom. The first kappa shape index (κ1) is 19.0. The van der Waals surface area contributed by atoms with Crippen LogP contribution in [0.3, 0.4) is 0 Å². The molecular weight excluding hydrogens is 371 g/mol. The van der Waals surface area contributed by atoms with Crippen molar-refractivity contribution in [2.24, 2.45) is 5.92 Å². The van der Waals surface area contributed by atoms with Crippen molar-refractivity contribution in [1.29, 1.82) is 0 Å². The maximum Gasteiger partial charge on any atom is 0.392 e. The average Bonchev–Trinajstić information content (AvgIpc) is 2.68.